The van der Waals surface area contributed by atoms with Crippen LogP contribution in [0.3, 0.4) is 0 Å². The molecule has 2 nitrogen and oxygen atoms in total. The van der Waals surface area contributed by atoms with Gasteiger partial charge < -0.3 is 5.11 Å². The van der Waals surface area contributed by atoms with Crippen molar-refractivity contribution in [1.82, 2.24) is 0 Å². The molecule has 0 aromatic heterocycles. The van der Waals surface area contributed by atoms with E-state index in [1.165, 1.54) is 24.0 Å². The number of benzene rings is 2. The molecule has 2 aromatic carbocycles. The highest BCUT2D eigenvalue weighted by atomic mass is 16.3. The van der Waals surface area contributed by atoms with E-state index in [1.807, 2.05) is 24.3 Å². The number of aromatic hydroxyl groups is 1. The number of aliphatic imine (C=N–C) groups is 1. The van der Waals surface area contributed by atoms with Gasteiger partial charge in [-0.15, -0.1) is 6.58 Å². The molecule has 0 fully saturated rings. The van der Waals surface area contributed by atoms with Crippen LogP contribution < -0.4 is 0 Å². The van der Waals surface area contributed by atoms with Crippen LogP contribution in [0.25, 0.3) is 0 Å². The Morgan fingerprint density at radius 2 is 1.76 bits per heavy atom. The van der Waals surface area contributed by atoms with Crippen LogP contribution in [0.5, 0.6) is 5.75 Å². The van der Waals surface area contributed by atoms with Crippen molar-refractivity contribution in [3.63, 3.8) is 0 Å². The molecular formula is C27H39NO. The Morgan fingerprint density at radius 3 is 2.34 bits per heavy atom. The third-order valence-corrected chi connectivity index (χ3v) is 5.42. The summed E-state index contributed by atoms with van der Waals surface area (Å²) in [6.07, 6.45) is 11.5. The van der Waals surface area contributed by atoms with Crippen LogP contribution in [0, 0.1) is 0 Å². The lowest BCUT2D eigenvalue weighted by atomic mass is 9.72. The van der Waals surface area contributed by atoms with Crippen molar-refractivity contribution in [2.75, 3.05) is 6.54 Å². The molecule has 0 heterocycles. The molecule has 2 aromatic rings. The lowest BCUT2D eigenvalue weighted by Gasteiger charge is -2.32. The van der Waals surface area contributed by atoms with Crippen molar-refractivity contribution in [3.8, 4) is 5.75 Å². The topological polar surface area (TPSA) is 32.6 Å². The smallest absolute Gasteiger partial charge is 0.115 e. The van der Waals surface area contributed by atoms with E-state index in [2.05, 4.69) is 68.9 Å². The normalized spacial score (nSPS) is 12.8. The molecule has 0 bridgehead atoms. The number of phenols is 1. The van der Waals surface area contributed by atoms with Crippen molar-refractivity contribution in [2.45, 2.75) is 71.1 Å². The van der Waals surface area contributed by atoms with Gasteiger partial charge in [0.1, 0.15) is 5.75 Å². The molecule has 0 saturated heterocycles. The highest BCUT2D eigenvalue weighted by Gasteiger charge is 2.29. The van der Waals surface area contributed by atoms with Gasteiger partial charge in [-0.3, -0.25) is 4.99 Å². The molecule has 1 unspecified atom stereocenters. The summed E-state index contributed by atoms with van der Waals surface area (Å²) in [6.45, 7) is 10.9. The maximum Gasteiger partial charge on any atom is 0.115 e. The van der Waals surface area contributed by atoms with Gasteiger partial charge in [0.15, 0.2) is 0 Å². The van der Waals surface area contributed by atoms with E-state index in [0.29, 0.717) is 5.75 Å². The Bertz CT molecular complexity index is 707. The number of rotatable bonds is 11. The predicted octanol–water partition coefficient (Wildman–Crippen LogP) is 7.52. The standard InChI is InChI=1S/C23H31NO.C4H8/c1-3-5-15-23(4-2,21-12-9-13-22(25)19-21)16-18-24-17-14-20-10-7-6-8-11-20;1-3-4-2/h6-13,18-19,25H,3-5,14-17H2,1-2H3;3H,1,4H2,2H3. The van der Waals surface area contributed by atoms with Gasteiger partial charge in [-0.05, 0) is 61.6 Å². The van der Waals surface area contributed by atoms with Gasteiger partial charge in [-0.25, -0.2) is 0 Å². The zero-order valence-electron chi connectivity index (χ0n) is 18.6. The van der Waals surface area contributed by atoms with E-state index >= 15 is 0 Å². The number of hydrogen-bond acceptors (Lipinski definition) is 2. The highest BCUT2D eigenvalue weighted by molar-refractivity contribution is 5.60. The van der Waals surface area contributed by atoms with Crippen LogP contribution in [-0.4, -0.2) is 17.9 Å². The van der Waals surface area contributed by atoms with Crippen molar-refractivity contribution < 1.29 is 5.11 Å². The molecule has 0 aliphatic carbocycles. The molecule has 158 valence electrons. The van der Waals surface area contributed by atoms with Gasteiger partial charge in [0, 0.05) is 12.0 Å². The number of nitrogens with zero attached hydrogens (tertiary/aromatic N) is 1. The summed E-state index contributed by atoms with van der Waals surface area (Å²) < 4.78 is 0. The van der Waals surface area contributed by atoms with Crippen LogP contribution in [0.1, 0.15) is 70.4 Å². The summed E-state index contributed by atoms with van der Waals surface area (Å²) in [6, 6.07) is 18.3. The monoisotopic (exact) mass is 393 g/mol. The average molecular weight is 394 g/mol. The molecule has 0 saturated carbocycles. The Hall–Kier alpha value is -2.35. The highest BCUT2D eigenvalue weighted by Crippen LogP contribution is 2.37. The first kappa shape index (κ1) is 24.7. The maximum atomic E-state index is 9.90. The quantitative estimate of drug-likeness (QED) is 0.311. The number of hydrogen-bond donors (Lipinski definition) is 1. The summed E-state index contributed by atoms with van der Waals surface area (Å²) in [4.78, 5) is 4.67. The zero-order chi connectivity index (χ0) is 21.4. The third kappa shape index (κ3) is 9.13. The van der Waals surface area contributed by atoms with Crippen molar-refractivity contribution in [2.24, 2.45) is 4.99 Å². The summed E-state index contributed by atoms with van der Waals surface area (Å²) in [7, 11) is 0. The zero-order valence-corrected chi connectivity index (χ0v) is 18.6. The van der Waals surface area contributed by atoms with Crippen LogP contribution in [0.15, 0.2) is 72.2 Å². The largest absolute Gasteiger partial charge is 0.508 e. The Kier molecular flexibility index (Phi) is 12.4. The fourth-order valence-electron chi connectivity index (χ4n) is 3.41. The molecule has 1 atom stereocenters. The fourth-order valence-corrected chi connectivity index (χ4v) is 3.41. The second-order valence-electron chi connectivity index (χ2n) is 7.51. The maximum absolute atomic E-state index is 9.90. The summed E-state index contributed by atoms with van der Waals surface area (Å²) in [5, 5.41) is 9.90. The summed E-state index contributed by atoms with van der Waals surface area (Å²) >= 11 is 0. The minimum atomic E-state index is 0.0744. The van der Waals surface area contributed by atoms with Crippen LogP contribution in [-0.2, 0) is 11.8 Å². The van der Waals surface area contributed by atoms with Gasteiger partial charge in [-0.1, -0.05) is 82.2 Å². The van der Waals surface area contributed by atoms with Crippen LogP contribution in [0.4, 0.5) is 0 Å². The van der Waals surface area contributed by atoms with E-state index in [1.54, 1.807) is 6.07 Å². The van der Waals surface area contributed by atoms with Crippen LogP contribution in [0.2, 0.25) is 0 Å². The van der Waals surface area contributed by atoms with Gasteiger partial charge in [0.2, 0.25) is 0 Å². The molecule has 2 rings (SSSR count). The molecule has 0 aliphatic rings. The van der Waals surface area contributed by atoms with Gasteiger partial charge in [0.25, 0.3) is 0 Å². The molecule has 1 N–H and O–H groups in total. The summed E-state index contributed by atoms with van der Waals surface area (Å²) in [5.41, 5.74) is 2.64. The molecule has 0 spiro atoms. The van der Waals surface area contributed by atoms with Crippen molar-refractivity contribution in [3.05, 3.63) is 78.4 Å². The second-order valence-corrected chi connectivity index (χ2v) is 7.51. The van der Waals surface area contributed by atoms with Gasteiger partial charge in [-0.2, -0.15) is 0 Å². The molecule has 0 amide bonds. The predicted molar refractivity (Wildman–Crippen MR) is 128 cm³/mol. The van der Waals surface area contributed by atoms with E-state index in [0.717, 1.165) is 38.6 Å². The Balaban J connectivity index is 0.000000960. The number of unbranched alkanes of at least 4 members (excludes halogenated alkanes) is 1. The molecule has 29 heavy (non-hydrogen) atoms. The average Bonchev–Trinajstić information content (AvgIpc) is 2.77. The first-order valence-corrected chi connectivity index (χ1v) is 11.0. The SMILES string of the molecule is C=CCC.CCCCC(CC)(CC=NCCc1ccccc1)c1cccc(O)c1. The third-order valence-electron chi connectivity index (χ3n) is 5.42. The first-order chi connectivity index (χ1) is 14.1. The number of allylic oxidation sites excluding steroid dienone is 1. The minimum Gasteiger partial charge on any atom is -0.508 e. The van der Waals surface area contributed by atoms with E-state index in [-0.39, 0.29) is 5.41 Å². The Labute approximate surface area is 178 Å². The molecule has 2 heteroatoms. The molecule has 0 aliphatic heterocycles. The van der Waals surface area contributed by atoms with Crippen LogP contribution >= 0.6 is 0 Å². The lowest BCUT2D eigenvalue weighted by molar-refractivity contribution is 0.378. The van der Waals surface area contributed by atoms with Gasteiger partial charge in [0.05, 0.1) is 0 Å². The number of phenolic OH excluding ortho intramolecular Hbond substituents is 1. The van der Waals surface area contributed by atoms with Crippen molar-refractivity contribution in [1.29, 1.82) is 0 Å². The van der Waals surface area contributed by atoms with E-state index < -0.39 is 0 Å². The van der Waals surface area contributed by atoms with Crippen molar-refractivity contribution >= 4 is 6.21 Å². The first-order valence-electron chi connectivity index (χ1n) is 11.0. The summed E-state index contributed by atoms with van der Waals surface area (Å²) in [5.74, 6) is 0.354. The fraction of sp³-hybridized carbons (Fsp3) is 0.444. The van der Waals surface area contributed by atoms with E-state index in [4.69, 9.17) is 0 Å². The van der Waals surface area contributed by atoms with E-state index in [9.17, 15) is 5.11 Å². The minimum absolute atomic E-state index is 0.0744. The second kappa shape index (κ2) is 14.6. The van der Waals surface area contributed by atoms with Gasteiger partial charge >= 0.3 is 0 Å². The Morgan fingerprint density at radius 1 is 1.03 bits per heavy atom. The molecule has 0 radical (unpaired) electrons. The molecular weight excluding hydrogens is 354 g/mol. The lowest BCUT2D eigenvalue weighted by Crippen LogP contribution is -2.26.